The van der Waals surface area contributed by atoms with Gasteiger partial charge in [-0.15, -0.1) is 0 Å². The summed E-state index contributed by atoms with van der Waals surface area (Å²) in [5.41, 5.74) is 7.54. The third-order valence-corrected chi connectivity index (χ3v) is 12.1. The summed E-state index contributed by atoms with van der Waals surface area (Å²) in [5, 5.41) is 12.7. The maximum absolute atomic E-state index is 12.9. The van der Waals surface area contributed by atoms with E-state index in [4.69, 9.17) is 9.51 Å². The van der Waals surface area contributed by atoms with Gasteiger partial charge in [-0.05, 0) is 92.6 Å². The lowest BCUT2D eigenvalue weighted by atomic mass is 9.95. The third-order valence-electron chi connectivity index (χ3n) is 12.1. The molecule has 0 unspecified atom stereocenters. The Labute approximate surface area is 362 Å². The number of nitrogens with one attached hydrogen (secondary N) is 3. The molecular weight excluding hydrogens is 785 g/mol. The molecule has 324 valence electrons. The molecule has 5 aromatic rings. The quantitative estimate of drug-likeness (QED) is 0.131. The summed E-state index contributed by atoms with van der Waals surface area (Å²) < 4.78 is 5.22. The van der Waals surface area contributed by atoms with E-state index in [9.17, 15) is 14.4 Å². The number of amides is 4. The molecule has 3 aliphatic rings. The zero-order valence-electron chi connectivity index (χ0n) is 36.4. The number of aryl methyl sites for hydroxylation is 2. The Hall–Kier alpha value is -6.42. The van der Waals surface area contributed by atoms with Gasteiger partial charge in [-0.25, -0.2) is 19.7 Å². The number of imide groups is 1. The number of benzene rings is 2. The minimum Gasteiger partial charge on any atom is -0.372 e. The molecule has 2 aromatic carbocycles. The summed E-state index contributed by atoms with van der Waals surface area (Å²) in [6.45, 7) is 19.4. The highest BCUT2D eigenvalue weighted by Crippen LogP contribution is 2.31. The summed E-state index contributed by atoms with van der Waals surface area (Å²) in [6.07, 6.45) is 6.10. The number of piperidine rings is 1. The minimum atomic E-state index is -0.413. The van der Waals surface area contributed by atoms with Crippen molar-refractivity contribution >= 4 is 46.5 Å². The van der Waals surface area contributed by atoms with Gasteiger partial charge >= 0.3 is 17.8 Å². The molecule has 16 heteroatoms. The average Bonchev–Trinajstić information content (AvgIpc) is 3.77. The third kappa shape index (κ3) is 9.70. The molecule has 0 saturated carbocycles. The lowest BCUT2D eigenvalue weighted by Gasteiger charge is -2.40. The number of carbonyl (C=O) groups is 3. The highest BCUT2D eigenvalue weighted by Gasteiger charge is 2.28. The molecule has 0 spiro atoms. The number of hydrogen-bond acceptors (Lipinski definition) is 13. The van der Waals surface area contributed by atoms with Gasteiger partial charge in [0.15, 0.2) is 5.82 Å². The topological polar surface area (TPSA) is 178 Å². The maximum atomic E-state index is 12.9. The standard InChI is InChI=1S/C46H56N12O4/c1-29-23-33(7-10-36(29)31(3)50-42(60)43-53-44(54-62-43)46(4,5)6)37-25-40(49-28-48-37)51-39-12-9-35(26-47-39)57-21-19-55(20-22-57)27-32-13-16-56(17-14-32)34-8-11-38(30(2)24-34)58-18-15-41(59)52-45(58)61/h7-12,23-26,28,31-32H,13-22,27H2,1-6H3,(H,50,60)(H,52,59,61)(H,47,48,49,51)/t31-/m1/s1. The number of nitrogens with zero attached hydrogens (tertiary/aromatic N) is 9. The highest BCUT2D eigenvalue weighted by atomic mass is 16.5. The molecule has 6 heterocycles. The van der Waals surface area contributed by atoms with Gasteiger partial charge in [0.1, 0.15) is 18.0 Å². The van der Waals surface area contributed by atoms with E-state index in [0.29, 0.717) is 36.3 Å². The van der Waals surface area contributed by atoms with E-state index in [0.717, 1.165) is 98.0 Å². The van der Waals surface area contributed by atoms with Crippen LogP contribution in [0.1, 0.15) is 86.2 Å². The monoisotopic (exact) mass is 840 g/mol. The fourth-order valence-corrected chi connectivity index (χ4v) is 8.50. The van der Waals surface area contributed by atoms with E-state index in [2.05, 4.69) is 75.0 Å². The second-order valence-corrected chi connectivity index (χ2v) is 17.7. The van der Waals surface area contributed by atoms with Crippen molar-refractivity contribution in [3.05, 3.63) is 95.5 Å². The Morgan fingerprint density at radius 3 is 2.29 bits per heavy atom. The number of hydrogen-bond donors (Lipinski definition) is 3. The predicted molar refractivity (Wildman–Crippen MR) is 239 cm³/mol. The van der Waals surface area contributed by atoms with Gasteiger partial charge in [-0.1, -0.05) is 38.1 Å². The zero-order chi connectivity index (χ0) is 43.5. The zero-order valence-corrected chi connectivity index (χ0v) is 36.4. The van der Waals surface area contributed by atoms with Gasteiger partial charge < -0.3 is 25.0 Å². The Kier molecular flexibility index (Phi) is 12.2. The van der Waals surface area contributed by atoms with Crippen molar-refractivity contribution in [2.75, 3.05) is 72.4 Å². The van der Waals surface area contributed by atoms with Gasteiger partial charge in [0.05, 0.1) is 23.6 Å². The van der Waals surface area contributed by atoms with Crippen molar-refractivity contribution in [2.45, 2.75) is 72.3 Å². The fourth-order valence-electron chi connectivity index (χ4n) is 8.50. The molecule has 62 heavy (non-hydrogen) atoms. The molecule has 3 aromatic heterocycles. The number of rotatable bonds is 11. The normalized spacial score (nSPS) is 17.2. The summed E-state index contributed by atoms with van der Waals surface area (Å²) in [6, 6.07) is 17.7. The summed E-state index contributed by atoms with van der Waals surface area (Å²) in [4.78, 5) is 64.0. The Balaban J connectivity index is 0.787. The number of anilines is 5. The van der Waals surface area contributed by atoms with Crippen LogP contribution in [0, 0.1) is 19.8 Å². The van der Waals surface area contributed by atoms with E-state index in [-0.39, 0.29) is 29.3 Å². The Morgan fingerprint density at radius 2 is 1.61 bits per heavy atom. The first kappa shape index (κ1) is 42.3. The SMILES string of the molecule is Cc1cc(-c2cc(Nc3ccc(N4CCN(CC5CCN(c6ccc(N7CCC(=O)NC7=O)c(C)c6)CC5)CC4)cn3)ncn2)ccc1[C@@H](C)NC(=O)c1nc(C(C)(C)C)no1. The van der Waals surface area contributed by atoms with Crippen LogP contribution >= 0.6 is 0 Å². The van der Waals surface area contributed by atoms with Crippen LogP contribution in [0.4, 0.5) is 33.5 Å². The first-order chi connectivity index (χ1) is 29.8. The molecule has 1 atom stereocenters. The number of piperazine rings is 1. The van der Waals surface area contributed by atoms with Crippen molar-refractivity contribution < 1.29 is 18.9 Å². The number of aromatic nitrogens is 5. The van der Waals surface area contributed by atoms with Gasteiger partial charge in [0.2, 0.25) is 5.91 Å². The van der Waals surface area contributed by atoms with Crippen LogP contribution in [-0.4, -0.2) is 100 Å². The van der Waals surface area contributed by atoms with Gasteiger partial charge in [-0.2, -0.15) is 4.98 Å². The van der Waals surface area contributed by atoms with Crippen molar-refractivity contribution in [2.24, 2.45) is 5.92 Å². The van der Waals surface area contributed by atoms with Crippen molar-refractivity contribution in [3.8, 4) is 11.3 Å². The molecule has 3 aliphatic heterocycles. The second-order valence-electron chi connectivity index (χ2n) is 17.7. The molecular formula is C46H56N12O4. The van der Waals surface area contributed by atoms with Crippen molar-refractivity contribution in [1.82, 2.24) is 40.6 Å². The van der Waals surface area contributed by atoms with Crippen LogP contribution in [0.15, 0.2) is 71.6 Å². The predicted octanol–water partition coefficient (Wildman–Crippen LogP) is 6.56. The molecule has 3 fully saturated rings. The van der Waals surface area contributed by atoms with E-state index < -0.39 is 5.91 Å². The van der Waals surface area contributed by atoms with Crippen molar-refractivity contribution in [1.29, 1.82) is 0 Å². The molecule has 0 radical (unpaired) electrons. The first-order valence-corrected chi connectivity index (χ1v) is 21.5. The van der Waals surface area contributed by atoms with Crippen LogP contribution in [0.2, 0.25) is 0 Å². The molecule has 3 saturated heterocycles. The smallest absolute Gasteiger partial charge is 0.328 e. The Bertz CT molecular complexity index is 2410. The van der Waals surface area contributed by atoms with Crippen LogP contribution in [0.5, 0.6) is 0 Å². The lowest BCUT2D eigenvalue weighted by molar-refractivity contribution is -0.120. The molecule has 4 amide bonds. The van der Waals surface area contributed by atoms with Crippen LogP contribution in [0.3, 0.4) is 0 Å². The molecule has 0 bridgehead atoms. The maximum Gasteiger partial charge on any atom is 0.328 e. The highest BCUT2D eigenvalue weighted by molar-refractivity contribution is 6.06. The molecule has 0 aliphatic carbocycles. The molecule has 8 rings (SSSR count). The van der Waals surface area contributed by atoms with Gasteiger partial charge in [-0.3, -0.25) is 24.7 Å². The number of carbonyl (C=O) groups excluding carboxylic acids is 3. The number of urea groups is 1. The number of pyridine rings is 1. The largest absolute Gasteiger partial charge is 0.372 e. The first-order valence-electron chi connectivity index (χ1n) is 21.5. The Morgan fingerprint density at radius 1 is 0.855 bits per heavy atom. The van der Waals surface area contributed by atoms with E-state index in [1.807, 2.05) is 78.1 Å². The van der Waals surface area contributed by atoms with Crippen LogP contribution in [0.25, 0.3) is 11.3 Å². The van der Waals surface area contributed by atoms with E-state index >= 15 is 0 Å². The summed E-state index contributed by atoms with van der Waals surface area (Å²) >= 11 is 0. The molecule has 16 nitrogen and oxygen atoms in total. The van der Waals surface area contributed by atoms with E-state index in [1.54, 1.807) is 11.2 Å². The van der Waals surface area contributed by atoms with Crippen molar-refractivity contribution in [3.63, 3.8) is 0 Å². The van der Waals surface area contributed by atoms with Gasteiger partial charge in [0, 0.05) is 87.2 Å². The minimum absolute atomic E-state index is 0.0511. The van der Waals surface area contributed by atoms with E-state index in [1.165, 1.54) is 5.69 Å². The summed E-state index contributed by atoms with van der Waals surface area (Å²) in [7, 11) is 0. The average molecular weight is 841 g/mol. The van der Waals surface area contributed by atoms with Gasteiger partial charge in [0.25, 0.3) is 0 Å². The second kappa shape index (κ2) is 17.9. The fraction of sp³-hybridized carbons (Fsp3) is 0.435. The van der Waals surface area contributed by atoms with Crippen LogP contribution in [-0.2, 0) is 10.2 Å². The van der Waals surface area contributed by atoms with Crippen LogP contribution < -0.4 is 30.7 Å². The lowest BCUT2D eigenvalue weighted by Crippen LogP contribution is -2.49. The molecule has 3 N–H and O–H groups in total. The summed E-state index contributed by atoms with van der Waals surface area (Å²) in [5.74, 6) is 1.81.